The number of fused-ring (bicyclic) bond motifs is 2. The van der Waals surface area contributed by atoms with Crippen LogP contribution >= 0.6 is 24.0 Å². The number of hydrogen-bond acceptors (Lipinski definition) is 3. The Labute approximate surface area is 183 Å². The summed E-state index contributed by atoms with van der Waals surface area (Å²) in [7, 11) is 1.69. The van der Waals surface area contributed by atoms with Gasteiger partial charge in [0.2, 0.25) is 0 Å². The number of aryl methyl sites for hydroxylation is 2. The van der Waals surface area contributed by atoms with Gasteiger partial charge in [-0.05, 0) is 60.1 Å². The fourth-order valence-corrected chi connectivity index (χ4v) is 4.20. The predicted octanol–water partition coefficient (Wildman–Crippen LogP) is 3.63. The Morgan fingerprint density at radius 1 is 1.14 bits per heavy atom. The molecule has 0 amide bonds. The molecule has 28 heavy (non-hydrogen) atoms. The molecular weight excluding hydrogens is 465 g/mol. The van der Waals surface area contributed by atoms with E-state index >= 15 is 0 Å². The predicted molar refractivity (Wildman–Crippen MR) is 124 cm³/mol. The van der Waals surface area contributed by atoms with Crippen molar-refractivity contribution in [3.8, 4) is 0 Å². The van der Waals surface area contributed by atoms with Gasteiger partial charge in [-0.25, -0.2) is 4.99 Å². The van der Waals surface area contributed by atoms with Gasteiger partial charge < -0.3 is 20.5 Å². The largest absolute Gasteiger partial charge is 0.381 e. The number of nitrogens with one attached hydrogen (secondary N) is 1. The molecule has 4 rings (SSSR count). The monoisotopic (exact) mass is 493 g/mol. The lowest BCUT2D eigenvalue weighted by atomic mass is 9.86. The van der Waals surface area contributed by atoms with E-state index in [1.807, 2.05) is 6.07 Å². The first-order valence-corrected chi connectivity index (χ1v) is 9.60. The molecular formula is C22H28IN3O2. The van der Waals surface area contributed by atoms with Crippen LogP contribution < -0.4 is 11.1 Å². The van der Waals surface area contributed by atoms with Crippen LogP contribution in [0.3, 0.4) is 0 Å². The zero-order valence-corrected chi connectivity index (χ0v) is 18.6. The molecule has 0 bridgehead atoms. The first-order chi connectivity index (χ1) is 13.2. The lowest BCUT2D eigenvalue weighted by Crippen LogP contribution is -2.43. The van der Waals surface area contributed by atoms with Gasteiger partial charge in [0.05, 0.1) is 19.8 Å². The Morgan fingerprint density at radius 3 is 2.82 bits per heavy atom. The first-order valence-electron chi connectivity index (χ1n) is 9.60. The summed E-state index contributed by atoms with van der Waals surface area (Å²) < 4.78 is 11.7. The Morgan fingerprint density at radius 2 is 1.96 bits per heavy atom. The van der Waals surface area contributed by atoms with Gasteiger partial charge in [0.15, 0.2) is 5.96 Å². The SMILES string of the molecule is COCC1(CN=C(N)Nc2ccc3c(c2)CCC3)OCCc2ccccc21.I. The van der Waals surface area contributed by atoms with E-state index in [-0.39, 0.29) is 24.0 Å². The van der Waals surface area contributed by atoms with Crippen molar-refractivity contribution in [2.24, 2.45) is 10.7 Å². The molecule has 1 unspecified atom stereocenters. The molecule has 150 valence electrons. The number of methoxy groups -OCH3 is 1. The standard InChI is InChI=1S/C22H27N3O2.HI/c1-26-15-22(20-8-3-2-5-17(20)11-12-27-22)14-24-21(23)25-19-10-9-16-6-4-7-18(16)13-19;/h2-3,5,8-10,13H,4,6-7,11-12,14-15H2,1H3,(H3,23,24,25);1H. The molecule has 1 heterocycles. The summed E-state index contributed by atoms with van der Waals surface area (Å²) in [6.45, 7) is 1.52. The van der Waals surface area contributed by atoms with Crippen molar-refractivity contribution in [3.63, 3.8) is 0 Å². The van der Waals surface area contributed by atoms with Gasteiger partial charge in [-0.2, -0.15) is 0 Å². The second-order valence-electron chi connectivity index (χ2n) is 7.35. The number of hydrogen-bond donors (Lipinski definition) is 2. The molecule has 2 aromatic rings. The highest BCUT2D eigenvalue weighted by molar-refractivity contribution is 14.0. The van der Waals surface area contributed by atoms with Crippen LogP contribution in [-0.2, 0) is 34.3 Å². The van der Waals surface area contributed by atoms with Gasteiger partial charge >= 0.3 is 0 Å². The maximum Gasteiger partial charge on any atom is 0.193 e. The quantitative estimate of drug-likeness (QED) is 0.379. The van der Waals surface area contributed by atoms with E-state index in [0.717, 1.165) is 24.1 Å². The highest BCUT2D eigenvalue weighted by atomic mass is 127. The van der Waals surface area contributed by atoms with Crippen LogP contribution in [0.15, 0.2) is 47.5 Å². The summed E-state index contributed by atoms with van der Waals surface area (Å²) in [4.78, 5) is 4.60. The highest BCUT2D eigenvalue weighted by Crippen LogP contribution is 2.34. The van der Waals surface area contributed by atoms with Gasteiger partial charge in [-0.1, -0.05) is 30.3 Å². The van der Waals surface area contributed by atoms with E-state index in [0.29, 0.717) is 25.7 Å². The Hall–Kier alpha value is -1.64. The highest BCUT2D eigenvalue weighted by Gasteiger charge is 2.38. The number of anilines is 1. The van der Waals surface area contributed by atoms with Crippen molar-refractivity contribution >= 4 is 35.6 Å². The van der Waals surface area contributed by atoms with Crippen molar-refractivity contribution in [1.82, 2.24) is 0 Å². The molecule has 3 N–H and O–H groups in total. The average Bonchev–Trinajstić information content (AvgIpc) is 3.15. The zero-order chi connectivity index (χ0) is 18.7. The molecule has 0 aromatic heterocycles. The number of ether oxygens (including phenoxy) is 2. The van der Waals surface area contributed by atoms with Crippen LogP contribution in [0.1, 0.15) is 28.7 Å². The molecule has 1 atom stereocenters. The molecule has 0 spiro atoms. The van der Waals surface area contributed by atoms with Crippen LogP contribution in [-0.4, -0.2) is 32.8 Å². The lowest BCUT2D eigenvalue weighted by molar-refractivity contribution is -0.0959. The van der Waals surface area contributed by atoms with Crippen molar-refractivity contribution in [1.29, 1.82) is 0 Å². The second-order valence-corrected chi connectivity index (χ2v) is 7.35. The maximum atomic E-state index is 6.19. The molecule has 0 saturated heterocycles. The van der Waals surface area contributed by atoms with E-state index in [4.69, 9.17) is 15.2 Å². The zero-order valence-electron chi connectivity index (χ0n) is 16.2. The smallest absolute Gasteiger partial charge is 0.193 e. The van der Waals surface area contributed by atoms with Crippen LogP contribution in [0.5, 0.6) is 0 Å². The number of rotatable bonds is 5. The number of benzene rings is 2. The minimum Gasteiger partial charge on any atom is -0.381 e. The van der Waals surface area contributed by atoms with Crippen molar-refractivity contribution in [2.75, 3.05) is 32.2 Å². The number of aliphatic imine (C=N–C) groups is 1. The normalized spacial score (nSPS) is 20.8. The van der Waals surface area contributed by atoms with E-state index in [2.05, 4.69) is 46.7 Å². The van der Waals surface area contributed by atoms with Crippen LogP contribution in [0, 0.1) is 0 Å². The molecule has 6 heteroatoms. The van der Waals surface area contributed by atoms with Crippen molar-refractivity contribution in [2.45, 2.75) is 31.3 Å². The van der Waals surface area contributed by atoms with Crippen LogP contribution in [0.2, 0.25) is 0 Å². The van der Waals surface area contributed by atoms with E-state index < -0.39 is 5.60 Å². The minimum absolute atomic E-state index is 0. The van der Waals surface area contributed by atoms with Crippen LogP contribution in [0.4, 0.5) is 5.69 Å². The fraction of sp³-hybridized carbons (Fsp3) is 0.409. The van der Waals surface area contributed by atoms with Gasteiger partial charge in [0.1, 0.15) is 5.60 Å². The molecule has 0 fully saturated rings. The summed E-state index contributed by atoms with van der Waals surface area (Å²) in [5, 5.41) is 3.23. The van der Waals surface area contributed by atoms with Gasteiger partial charge in [-0.3, -0.25) is 0 Å². The first kappa shape index (κ1) is 21.1. The third-order valence-electron chi connectivity index (χ3n) is 5.51. The Bertz CT molecular complexity index is 855. The third-order valence-corrected chi connectivity index (χ3v) is 5.51. The van der Waals surface area contributed by atoms with Crippen LogP contribution in [0.25, 0.3) is 0 Å². The molecule has 2 aromatic carbocycles. The molecule has 1 aliphatic heterocycles. The van der Waals surface area contributed by atoms with Crippen molar-refractivity contribution in [3.05, 3.63) is 64.7 Å². The van der Waals surface area contributed by atoms with Crippen molar-refractivity contribution < 1.29 is 9.47 Å². The number of halogens is 1. The Balaban J connectivity index is 0.00000225. The summed E-state index contributed by atoms with van der Waals surface area (Å²) >= 11 is 0. The van der Waals surface area contributed by atoms with Gasteiger partial charge in [-0.15, -0.1) is 24.0 Å². The summed E-state index contributed by atoms with van der Waals surface area (Å²) in [6.07, 6.45) is 4.46. The van der Waals surface area contributed by atoms with Gasteiger partial charge in [0.25, 0.3) is 0 Å². The van der Waals surface area contributed by atoms with E-state index in [1.165, 1.54) is 29.5 Å². The topological polar surface area (TPSA) is 68.9 Å². The second kappa shape index (κ2) is 9.24. The number of nitrogens with zero attached hydrogens (tertiary/aromatic N) is 1. The summed E-state index contributed by atoms with van der Waals surface area (Å²) in [5.41, 5.74) is 11.9. The lowest BCUT2D eigenvalue weighted by Gasteiger charge is -2.37. The van der Waals surface area contributed by atoms with Gasteiger partial charge in [0, 0.05) is 12.8 Å². The molecule has 0 saturated carbocycles. The summed E-state index contributed by atoms with van der Waals surface area (Å²) in [6, 6.07) is 14.8. The third kappa shape index (κ3) is 4.34. The molecule has 2 aliphatic rings. The molecule has 5 nitrogen and oxygen atoms in total. The molecule has 1 aliphatic carbocycles. The van der Waals surface area contributed by atoms with E-state index in [1.54, 1.807) is 7.11 Å². The maximum absolute atomic E-state index is 6.19. The van der Waals surface area contributed by atoms with E-state index in [9.17, 15) is 0 Å². The minimum atomic E-state index is -0.589. The fourth-order valence-electron chi connectivity index (χ4n) is 4.20. The number of guanidine groups is 1. The average molecular weight is 493 g/mol. The molecule has 0 radical (unpaired) electrons. The number of nitrogens with two attached hydrogens (primary N) is 1. The summed E-state index contributed by atoms with van der Waals surface area (Å²) in [5.74, 6) is 0.398. The Kier molecular flexibility index (Phi) is 6.95.